The minimum absolute atomic E-state index is 0.753. The topological polar surface area (TPSA) is 9.23 Å². The van der Waals surface area contributed by atoms with Gasteiger partial charge in [-0.3, -0.25) is 0 Å². The second-order valence-electron chi connectivity index (χ2n) is 3.38. The maximum absolute atomic E-state index is 5.52. The fourth-order valence-electron chi connectivity index (χ4n) is 1.04. The van der Waals surface area contributed by atoms with Gasteiger partial charge in [-0.2, -0.15) is 0 Å². The minimum Gasteiger partial charge on any atom is -0.493 e. The van der Waals surface area contributed by atoms with E-state index in [0.29, 0.717) is 0 Å². The molecule has 0 amide bonds. The van der Waals surface area contributed by atoms with Crippen molar-refractivity contribution in [2.24, 2.45) is 5.92 Å². The first-order valence-corrected chi connectivity index (χ1v) is 4.92. The Hall–Kier alpha value is -0.980. The lowest BCUT2D eigenvalue weighted by molar-refractivity contribution is 0.281. The summed E-state index contributed by atoms with van der Waals surface area (Å²) >= 11 is 0. The van der Waals surface area contributed by atoms with E-state index in [-0.39, 0.29) is 0 Å². The lowest BCUT2D eigenvalue weighted by Gasteiger charge is -2.09. The van der Waals surface area contributed by atoms with Crippen LogP contribution in [0.2, 0.25) is 0 Å². The zero-order valence-electron chi connectivity index (χ0n) is 8.42. The van der Waals surface area contributed by atoms with Gasteiger partial charge in [0.2, 0.25) is 0 Å². The van der Waals surface area contributed by atoms with E-state index >= 15 is 0 Å². The summed E-state index contributed by atoms with van der Waals surface area (Å²) in [7, 11) is 0. The van der Waals surface area contributed by atoms with E-state index in [1.165, 1.54) is 6.42 Å². The molecule has 1 rings (SSSR count). The van der Waals surface area contributed by atoms with Crippen molar-refractivity contribution >= 4 is 0 Å². The Balaban J connectivity index is 2.20. The number of hydrogen-bond donors (Lipinski definition) is 0. The Morgan fingerprint density at radius 1 is 1.46 bits per heavy atom. The number of rotatable bonds is 5. The predicted molar refractivity (Wildman–Crippen MR) is 54.8 cm³/mol. The largest absolute Gasteiger partial charge is 0.493 e. The van der Waals surface area contributed by atoms with E-state index in [2.05, 4.69) is 19.9 Å². The molecule has 1 aromatic rings. The van der Waals surface area contributed by atoms with Crippen molar-refractivity contribution in [2.45, 2.75) is 26.7 Å². The van der Waals surface area contributed by atoms with Crippen LogP contribution in [0.25, 0.3) is 0 Å². The van der Waals surface area contributed by atoms with E-state index in [4.69, 9.17) is 4.74 Å². The van der Waals surface area contributed by atoms with Gasteiger partial charge in [-0.25, -0.2) is 0 Å². The molecule has 1 unspecified atom stereocenters. The molecule has 13 heavy (non-hydrogen) atoms. The van der Waals surface area contributed by atoms with Crippen molar-refractivity contribution in [3.63, 3.8) is 0 Å². The molecule has 0 aromatic heterocycles. The van der Waals surface area contributed by atoms with Gasteiger partial charge in [0.05, 0.1) is 6.61 Å². The SMILES string of the molecule is CCC(C)CCOc1[c]cccc1. The third kappa shape index (κ3) is 3.97. The summed E-state index contributed by atoms with van der Waals surface area (Å²) in [5.41, 5.74) is 0. The Kier molecular flexibility index (Phi) is 4.37. The summed E-state index contributed by atoms with van der Waals surface area (Å²) < 4.78 is 5.52. The van der Waals surface area contributed by atoms with Gasteiger partial charge in [-0.1, -0.05) is 38.5 Å². The standard InChI is InChI=1S/C12H17O/c1-3-11(2)9-10-13-12-7-5-4-6-8-12/h4-7,11H,3,9-10H2,1-2H3. The second kappa shape index (κ2) is 5.63. The summed E-state index contributed by atoms with van der Waals surface area (Å²) in [6.07, 6.45) is 2.35. The highest BCUT2D eigenvalue weighted by Crippen LogP contribution is 2.10. The maximum atomic E-state index is 5.52. The van der Waals surface area contributed by atoms with Gasteiger partial charge in [-0.15, -0.1) is 0 Å². The van der Waals surface area contributed by atoms with Crippen molar-refractivity contribution in [3.05, 3.63) is 30.3 Å². The van der Waals surface area contributed by atoms with Crippen LogP contribution in [-0.2, 0) is 0 Å². The molecule has 0 fully saturated rings. The van der Waals surface area contributed by atoms with Crippen molar-refractivity contribution in [2.75, 3.05) is 6.61 Å². The first-order chi connectivity index (χ1) is 6.33. The molecule has 0 aliphatic heterocycles. The molecule has 0 bridgehead atoms. The molecule has 1 heteroatoms. The van der Waals surface area contributed by atoms with Crippen LogP contribution in [0, 0.1) is 12.0 Å². The molecule has 0 aliphatic rings. The number of ether oxygens (including phenoxy) is 1. The molecular formula is C12H17O. The molecule has 0 aliphatic carbocycles. The van der Waals surface area contributed by atoms with Crippen molar-refractivity contribution in [1.29, 1.82) is 0 Å². The molecule has 1 aromatic carbocycles. The van der Waals surface area contributed by atoms with E-state index < -0.39 is 0 Å². The lowest BCUT2D eigenvalue weighted by Crippen LogP contribution is -2.02. The van der Waals surface area contributed by atoms with Gasteiger partial charge in [-0.05, 0) is 18.4 Å². The first-order valence-electron chi connectivity index (χ1n) is 4.92. The van der Waals surface area contributed by atoms with Crippen LogP contribution in [-0.4, -0.2) is 6.61 Å². The van der Waals surface area contributed by atoms with Gasteiger partial charge in [0.25, 0.3) is 0 Å². The molecule has 1 radical (unpaired) electrons. The monoisotopic (exact) mass is 177 g/mol. The quantitative estimate of drug-likeness (QED) is 0.670. The summed E-state index contributed by atoms with van der Waals surface area (Å²) in [5.74, 6) is 1.61. The molecule has 0 saturated heterocycles. The van der Waals surface area contributed by atoms with Crippen molar-refractivity contribution in [3.8, 4) is 5.75 Å². The van der Waals surface area contributed by atoms with Crippen LogP contribution >= 0.6 is 0 Å². The highest BCUT2D eigenvalue weighted by molar-refractivity contribution is 5.19. The zero-order chi connectivity index (χ0) is 9.52. The predicted octanol–water partition coefficient (Wildman–Crippen LogP) is 3.30. The second-order valence-corrected chi connectivity index (χ2v) is 3.38. The Bertz CT molecular complexity index is 218. The fourth-order valence-corrected chi connectivity index (χ4v) is 1.04. The van der Waals surface area contributed by atoms with Gasteiger partial charge in [0.1, 0.15) is 5.75 Å². The number of para-hydroxylation sites is 1. The number of benzene rings is 1. The van der Waals surface area contributed by atoms with Gasteiger partial charge in [0.15, 0.2) is 0 Å². The maximum Gasteiger partial charge on any atom is 0.127 e. The molecule has 0 heterocycles. The third-order valence-corrected chi connectivity index (χ3v) is 2.25. The lowest BCUT2D eigenvalue weighted by atomic mass is 10.1. The van der Waals surface area contributed by atoms with Gasteiger partial charge < -0.3 is 4.74 Å². The Morgan fingerprint density at radius 2 is 2.31 bits per heavy atom. The smallest absolute Gasteiger partial charge is 0.127 e. The van der Waals surface area contributed by atoms with E-state index in [1.54, 1.807) is 0 Å². The molecule has 1 atom stereocenters. The molecule has 0 saturated carbocycles. The zero-order valence-corrected chi connectivity index (χ0v) is 8.42. The molecule has 0 spiro atoms. The molecule has 0 N–H and O–H groups in total. The van der Waals surface area contributed by atoms with Crippen molar-refractivity contribution < 1.29 is 4.74 Å². The average molecular weight is 177 g/mol. The summed E-state index contributed by atoms with van der Waals surface area (Å²) in [6.45, 7) is 5.26. The summed E-state index contributed by atoms with van der Waals surface area (Å²) in [4.78, 5) is 0. The Morgan fingerprint density at radius 3 is 2.92 bits per heavy atom. The molecular weight excluding hydrogens is 160 g/mol. The highest BCUT2D eigenvalue weighted by Gasteiger charge is 1.98. The average Bonchev–Trinajstić information content (AvgIpc) is 2.19. The first kappa shape index (κ1) is 10.1. The molecule has 71 valence electrons. The van der Waals surface area contributed by atoms with Crippen LogP contribution in [0.3, 0.4) is 0 Å². The number of hydrogen-bond acceptors (Lipinski definition) is 1. The normalized spacial score (nSPS) is 12.5. The summed E-state index contributed by atoms with van der Waals surface area (Å²) in [5, 5.41) is 0. The van der Waals surface area contributed by atoms with Gasteiger partial charge >= 0.3 is 0 Å². The summed E-state index contributed by atoms with van der Waals surface area (Å²) in [6, 6.07) is 10.8. The van der Waals surface area contributed by atoms with Crippen LogP contribution in [0.1, 0.15) is 26.7 Å². The highest BCUT2D eigenvalue weighted by atomic mass is 16.5. The minimum atomic E-state index is 0.753. The molecule has 1 nitrogen and oxygen atoms in total. The van der Waals surface area contributed by atoms with E-state index in [9.17, 15) is 0 Å². The fraction of sp³-hybridized carbons (Fsp3) is 0.500. The van der Waals surface area contributed by atoms with Crippen LogP contribution in [0.15, 0.2) is 24.3 Å². The Labute approximate surface area is 80.7 Å². The van der Waals surface area contributed by atoms with Crippen molar-refractivity contribution in [1.82, 2.24) is 0 Å². The third-order valence-electron chi connectivity index (χ3n) is 2.25. The van der Waals surface area contributed by atoms with Crippen LogP contribution in [0.5, 0.6) is 5.75 Å². The van der Waals surface area contributed by atoms with Gasteiger partial charge in [0, 0.05) is 6.07 Å². The van der Waals surface area contributed by atoms with E-state index in [0.717, 1.165) is 24.7 Å². The van der Waals surface area contributed by atoms with Crippen LogP contribution < -0.4 is 4.74 Å². The van der Waals surface area contributed by atoms with Crippen LogP contribution in [0.4, 0.5) is 0 Å². The van der Waals surface area contributed by atoms with E-state index in [1.807, 2.05) is 24.3 Å².